The minimum Gasteiger partial charge on any atom is -0.457 e. The zero-order valence-electron chi connectivity index (χ0n) is 11.6. The second-order valence-corrected chi connectivity index (χ2v) is 4.62. The van der Waals surface area contributed by atoms with Gasteiger partial charge in [0.2, 0.25) is 0 Å². The smallest absolute Gasteiger partial charge is 0.416 e. The van der Waals surface area contributed by atoms with Gasteiger partial charge in [-0.2, -0.15) is 13.2 Å². The van der Waals surface area contributed by atoms with Crippen LogP contribution in [0, 0.1) is 0 Å². The van der Waals surface area contributed by atoms with Crippen molar-refractivity contribution in [1.29, 1.82) is 0 Å². The molecule has 0 saturated heterocycles. The van der Waals surface area contributed by atoms with Crippen LogP contribution in [0.25, 0.3) is 0 Å². The van der Waals surface area contributed by atoms with Crippen LogP contribution in [0.3, 0.4) is 0 Å². The van der Waals surface area contributed by atoms with E-state index in [2.05, 4.69) is 0 Å². The number of benzene rings is 2. The number of ether oxygens (including phenoxy) is 1. The van der Waals surface area contributed by atoms with Gasteiger partial charge in [-0.15, -0.1) is 0 Å². The van der Waals surface area contributed by atoms with Crippen molar-refractivity contribution < 1.29 is 17.9 Å². The highest BCUT2D eigenvalue weighted by Crippen LogP contribution is 2.34. The Morgan fingerprint density at radius 1 is 1.00 bits per heavy atom. The van der Waals surface area contributed by atoms with Gasteiger partial charge in [0, 0.05) is 6.54 Å². The summed E-state index contributed by atoms with van der Waals surface area (Å²) >= 11 is 0. The number of hydrogen-bond acceptors (Lipinski definition) is 2. The summed E-state index contributed by atoms with van der Waals surface area (Å²) in [6, 6.07) is 11.0. The molecule has 0 aromatic heterocycles. The first kappa shape index (κ1) is 15.4. The van der Waals surface area contributed by atoms with Crippen LogP contribution in [0.5, 0.6) is 11.5 Å². The topological polar surface area (TPSA) is 35.2 Å². The van der Waals surface area contributed by atoms with Gasteiger partial charge >= 0.3 is 6.18 Å². The van der Waals surface area contributed by atoms with E-state index in [1.54, 1.807) is 12.1 Å². The van der Waals surface area contributed by atoms with Crippen molar-refractivity contribution in [3.63, 3.8) is 0 Å². The summed E-state index contributed by atoms with van der Waals surface area (Å²) < 4.78 is 43.9. The molecule has 112 valence electrons. The van der Waals surface area contributed by atoms with Crippen molar-refractivity contribution in [3.05, 3.63) is 59.2 Å². The fourth-order valence-corrected chi connectivity index (χ4v) is 2.01. The van der Waals surface area contributed by atoms with Crippen LogP contribution in [0.15, 0.2) is 42.5 Å². The van der Waals surface area contributed by atoms with Crippen LogP contribution in [0.2, 0.25) is 0 Å². The molecule has 0 bridgehead atoms. The third-order valence-electron chi connectivity index (χ3n) is 3.17. The van der Waals surface area contributed by atoms with E-state index < -0.39 is 11.7 Å². The van der Waals surface area contributed by atoms with Crippen molar-refractivity contribution in [2.24, 2.45) is 5.73 Å². The first-order valence-corrected chi connectivity index (χ1v) is 6.61. The largest absolute Gasteiger partial charge is 0.457 e. The maximum atomic E-state index is 12.8. The van der Waals surface area contributed by atoms with E-state index in [0.29, 0.717) is 11.5 Å². The second-order valence-electron chi connectivity index (χ2n) is 4.62. The van der Waals surface area contributed by atoms with Gasteiger partial charge in [0.15, 0.2) is 0 Å². The lowest BCUT2D eigenvalue weighted by atomic mass is 10.1. The number of aryl methyl sites for hydroxylation is 1. The highest BCUT2D eigenvalue weighted by Gasteiger charge is 2.33. The molecule has 0 fully saturated rings. The van der Waals surface area contributed by atoms with Crippen molar-refractivity contribution in [2.75, 3.05) is 0 Å². The molecule has 5 heteroatoms. The molecule has 2 rings (SSSR count). The summed E-state index contributed by atoms with van der Waals surface area (Å²) in [5.74, 6) is 0.919. The van der Waals surface area contributed by atoms with Gasteiger partial charge in [-0.3, -0.25) is 0 Å². The van der Waals surface area contributed by atoms with E-state index in [4.69, 9.17) is 10.5 Å². The van der Waals surface area contributed by atoms with E-state index in [-0.39, 0.29) is 12.1 Å². The zero-order valence-corrected chi connectivity index (χ0v) is 11.6. The van der Waals surface area contributed by atoms with E-state index >= 15 is 0 Å². The first-order chi connectivity index (χ1) is 9.94. The monoisotopic (exact) mass is 295 g/mol. The molecule has 0 aliphatic rings. The Hall–Kier alpha value is -2.01. The highest BCUT2D eigenvalue weighted by atomic mass is 19.4. The highest BCUT2D eigenvalue weighted by molar-refractivity contribution is 5.40. The van der Waals surface area contributed by atoms with Crippen LogP contribution in [0.1, 0.15) is 23.6 Å². The molecule has 0 aliphatic heterocycles. The quantitative estimate of drug-likeness (QED) is 0.900. The van der Waals surface area contributed by atoms with Crippen LogP contribution >= 0.6 is 0 Å². The maximum absolute atomic E-state index is 12.8. The number of rotatable bonds is 4. The van der Waals surface area contributed by atoms with Crippen LogP contribution < -0.4 is 10.5 Å². The normalized spacial score (nSPS) is 11.5. The third kappa shape index (κ3) is 3.76. The molecule has 0 amide bonds. The lowest BCUT2D eigenvalue weighted by molar-refractivity contribution is -0.138. The van der Waals surface area contributed by atoms with Gasteiger partial charge in [-0.25, -0.2) is 0 Å². The zero-order chi connectivity index (χ0) is 15.5. The summed E-state index contributed by atoms with van der Waals surface area (Å²) in [4.78, 5) is 0. The van der Waals surface area contributed by atoms with Gasteiger partial charge in [0.05, 0.1) is 5.56 Å². The van der Waals surface area contributed by atoms with Crippen LogP contribution in [0.4, 0.5) is 13.2 Å². The van der Waals surface area contributed by atoms with Gasteiger partial charge in [0.25, 0.3) is 0 Å². The number of hydrogen-bond donors (Lipinski definition) is 1. The van der Waals surface area contributed by atoms with E-state index in [0.717, 1.165) is 18.1 Å². The average Bonchev–Trinajstić information content (AvgIpc) is 2.46. The number of alkyl halides is 3. The predicted molar refractivity (Wildman–Crippen MR) is 75.2 cm³/mol. The Bertz CT molecular complexity index is 606. The molecule has 2 N–H and O–H groups in total. The summed E-state index contributed by atoms with van der Waals surface area (Å²) in [5.41, 5.74) is 5.85. The lowest BCUT2D eigenvalue weighted by Gasteiger charge is -2.13. The second kappa shape index (κ2) is 6.18. The van der Waals surface area contributed by atoms with Crippen molar-refractivity contribution in [3.8, 4) is 11.5 Å². The maximum Gasteiger partial charge on any atom is 0.416 e. The third-order valence-corrected chi connectivity index (χ3v) is 3.17. The summed E-state index contributed by atoms with van der Waals surface area (Å²) in [6.45, 7) is 1.85. The predicted octanol–water partition coefficient (Wildman–Crippen LogP) is 4.52. The van der Waals surface area contributed by atoms with Crippen LogP contribution in [-0.4, -0.2) is 0 Å². The van der Waals surface area contributed by atoms with Crippen molar-refractivity contribution >= 4 is 0 Å². The van der Waals surface area contributed by atoms with E-state index in [1.165, 1.54) is 12.1 Å². The first-order valence-electron chi connectivity index (χ1n) is 6.61. The molecule has 0 heterocycles. The SMILES string of the molecule is CCc1ccc(Oc2ccc(C(F)(F)F)c(CN)c2)cc1. The molecule has 0 saturated carbocycles. The van der Waals surface area contributed by atoms with Gasteiger partial charge in [-0.05, 0) is 47.9 Å². The Morgan fingerprint density at radius 3 is 2.14 bits per heavy atom. The minimum absolute atomic E-state index is 0.0187. The minimum atomic E-state index is -4.41. The summed E-state index contributed by atoms with van der Waals surface area (Å²) in [6.07, 6.45) is -3.49. The molecule has 0 radical (unpaired) electrons. The Kier molecular flexibility index (Phi) is 4.53. The molecule has 0 unspecified atom stereocenters. The van der Waals surface area contributed by atoms with Gasteiger partial charge < -0.3 is 10.5 Å². The molecule has 0 spiro atoms. The lowest BCUT2D eigenvalue weighted by Crippen LogP contribution is -2.11. The Labute approximate surface area is 121 Å². The van der Waals surface area contributed by atoms with E-state index in [1.807, 2.05) is 19.1 Å². The molecule has 2 aromatic rings. The van der Waals surface area contributed by atoms with Gasteiger partial charge in [-0.1, -0.05) is 19.1 Å². The Balaban J connectivity index is 2.24. The molecule has 0 atom stereocenters. The van der Waals surface area contributed by atoms with Crippen molar-refractivity contribution in [2.45, 2.75) is 26.1 Å². The Morgan fingerprint density at radius 2 is 1.62 bits per heavy atom. The molecular formula is C16H16F3NO. The number of nitrogens with two attached hydrogens (primary N) is 1. The molecule has 0 aliphatic carbocycles. The van der Waals surface area contributed by atoms with Gasteiger partial charge in [0.1, 0.15) is 11.5 Å². The fourth-order valence-electron chi connectivity index (χ4n) is 2.01. The molecular weight excluding hydrogens is 279 g/mol. The number of halogens is 3. The molecule has 21 heavy (non-hydrogen) atoms. The fraction of sp³-hybridized carbons (Fsp3) is 0.250. The van der Waals surface area contributed by atoms with E-state index in [9.17, 15) is 13.2 Å². The standard InChI is InChI=1S/C16H16F3NO/c1-2-11-3-5-13(6-4-11)21-14-7-8-15(16(17,18)19)12(9-14)10-20/h3-9H,2,10,20H2,1H3. The molecule has 2 nitrogen and oxygen atoms in total. The summed E-state index contributed by atoms with van der Waals surface area (Å²) in [5, 5.41) is 0. The summed E-state index contributed by atoms with van der Waals surface area (Å²) in [7, 11) is 0. The van der Waals surface area contributed by atoms with Crippen LogP contribution in [-0.2, 0) is 19.1 Å². The molecule has 2 aromatic carbocycles. The van der Waals surface area contributed by atoms with Crippen molar-refractivity contribution in [1.82, 2.24) is 0 Å². The average molecular weight is 295 g/mol.